The number of carboxylic acids is 1. The van der Waals surface area contributed by atoms with Gasteiger partial charge < -0.3 is 21.9 Å². The van der Waals surface area contributed by atoms with Crippen LogP contribution in [-0.4, -0.2) is 54.0 Å². The lowest BCUT2D eigenvalue weighted by atomic mass is 10.1. The van der Waals surface area contributed by atoms with Gasteiger partial charge in [0, 0.05) is 31.3 Å². The maximum absolute atomic E-state index is 10.6. The van der Waals surface area contributed by atoms with Crippen molar-refractivity contribution in [3.05, 3.63) is 29.8 Å². The third-order valence-corrected chi connectivity index (χ3v) is 4.04. The average molecular weight is 410 g/mol. The molecule has 1 fully saturated rings. The Kier molecular flexibility index (Phi) is 15.3. The summed E-state index contributed by atoms with van der Waals surface area (Å²) >= 11 is 0. The molecular formula is C20H35N5O4. The van der Waals surface area contributed by atoms with Gasteiger partial charge in [-0.05, 0) is 56.5 Å². The Morgan fingerprint density at radius 1 is 1.17 bits per heavy atom. The van der Waals surface area contributed by atoms with E-state index in [2.05, 4.69) is 5.32 Å². The van der Waals surface area contributed by atoms with E-state index in [4.69, 9.17) is 22.4 Å². The van der Waals surface area contributed by atoms with Crippen molar-refractivity contribution in [1.29, 1.82) is 0 Å². The van der Waals surface area contributed by atoms with Crippen molar-refractivity contribution < 1.29 is 19.5 Å². The predicted octanol–water partition coefficient (Wildman–Crippen LogP) is 1.33. The van der Waals surface area contributed by atoms with Crippen molar-refractivity contribution >= 4 is 23.9 Å². The monoisotopic (exact) mass is 409 g/mol. The number of benzene rings is 1. The van der Waals surface area contributed by atoms with Crippen molar-refractivity contribution in [3.8, 4) is 0 Å². The van der Waals surface area contributed by atoms with Gasteiger partial charge in [-0.3, -0.25) is 20.2 Å². The number of hydrogen-bond donors (Lipinski definition) is 5. The first-order chi connectivity index (χ1) is 13.8. The first-order valence-electron chi connectivity index (χ1n) is 9.81. The largest absolute Gasteiger partial charge is 0.480 e. The number of nitrogens with zero attached hydrogens (tertiary/aromatic N) is 1. The fraction of sp³-hybridized carbons (Fsp3) is 0.550. The van der Waals surface area contributed by atoms with Gasteiger partial charge in [0.05, 0.1) is 0 Å². The lowest BCUT2D eigenvalue weighted by Crippen LogP contribution is -2.35. The van der Waals surface area contributed by atoms with Crippen molar-refractivity contribution in [2.45, 2.75) is 51.5 Å². The van der Waals surface area contributed by atoms with E-state index in [0.29, 0.717) is 24.2 Å². The number of hydrazine groups is 1. The fourth-order valence-electron chi connectivity index (χ4n) is 2.40. The molecule has 1 saturated heterocycles. The molecule has 29 heavy (non-hydrogen) atoms. The van der Waals surface area contributed by atoms with Crippen LogP contribution in [0.5, 0.6) is 0 Å². The lowest BCUT2D eigenvalue weighted by molar-refractivity contribution is -0.138. The minimum Gasteiger partial charge on any atom is -0.480 e. The quantitative estimate of drug-likeness (QED) is 0.255. The zero-order chi connectivity index (χ0) is 22.1. The molecule has 1 atom stereocenters. The molecule has 0 aromatic heterocycles. The summed E-state index contributed by atoms with van der Waals surface area (Å²) in [4.78, 5) is 31.0. The summed E-state index contributed by atoms with van der Waals surface area (Å²) in [5, 5.41) is 12.8. The minimum atomic E-state index is -0.933. The summed E-state index contributed by atoms with van der Waals surface area (Å²) in [7, 11) is 0. The van der Waals surface area contributed by atoms with Crippen LogP contribution in [0.1, 0.15) is 55.8 Å². The number of carboxylic acid groups (broad SMARTS) is 1. The average Bonchev–Trinajstić information content (AvgIpc) is 2.70. The summed E-state index contributed by atoms with van der Waals surface area (Å²) in [6.45, 7) is 4.24. The van der Waals surface area contributed by atoms with E-state index in [1.807, 2.05) is 5.01 Å². The number of rotatable bonds is 7. The second-order valence-electron chi connectivity index (χ2n) is 6.75. The number of nitrogens with one attached hydrogen (secondary N) is 1. The molecule has 2 rings (SSSR count). The van der Waals surface area contributed by atoms with Crippen molar-refractivity contribution in [3.63, 3.8) is 0 Å². The van der Waals surface area contributed by atoms with Crippen molar-refractivity contribution in [2.75, 3.05) is 25.0 Å². The molecule has 0 bridgehead atoms. The van der Waals surface area contributed by atoms with Gasteiger partial charge in [0.1, 0.15) is 12.3 Å². The van der Waals surface area contributed by atoms with Crippen LogP contribution in [0.15, 0.2) is 24.3 Å². The van der Waals surface area contributed by atoms with Crippen LogP contribution in [0.4, 0.5) is 5.69 Å². The second-order valence-corrected chi connectivity index (χ2v) is 6.75. The molecule has 1 aliphatic heterocycles. The molecule has 1 amide bonds. The summed E-state index contributed by atoms with van der Waals surface area (Å²) in [6, 6.07) is 5.96. The number of amides is 1. The summed E-state index contributed by atoms with van der Waals surface area (Å²) < 4.78 is 0. The van der Waals surface area contributed by atoms with E-state index in [-0.39, 0.29) is 5.91 Å². The zero-order valence-electron chi connectivity index (χ0n) is 17.2. The topological polar surface area (TPSA) is 165 Å². The third kappa shape index (κ3) is 15.3. The van der Waals surface area contributed by atoms with Crippen molar-refractivity contribution in [2.24, 2.45) is 17.3 Å². The summed E-state index contributed by atoms with van der Waals surface area (Å²) in [6.07, 6.45) is 6.87. The normalized spacial score (nSPS) is 14.3. The highest BCUT2D eigenvalue weighted by molar-refractivity contribution is 5.89. The number of unbranched alkanes of at least 4 members (excludes halogenated alkanes) is 1. The zero-order valence-corrected chi connectivity index (χ0v) is 17.2. The van der Waals surface area contributed by atoms with Crippen LogP contribution in [0.3, 0.4) is 0 Å². The Labute approximate surface area is 172 Å². The molecule has 1 aromatic rings. The van der Waals surface area contributed by atoms with Gasteiger partial charge in [0.15, 0.2) is 0 Å². The number of anilines is 1. The molecule has 9 nitrogen and oxygen atoms in total. The third-order valence-electron chi connectivity index (χ3n) is 4.04. The molecule has 0 spiro atoms. The second kappa shape index (κ2) is 16.6. The van der Waals surface area contributed by atoms with Crippen LogP contribution < -0.4 is 22.6 Å². The van der Waals surface area contributed by atoms with Gasteiger partial charge >= 0.3 is 5.97 Å². The molecule has 1 heterocycles. The number of piperidine rings is 1. The van der Waals surface area contributed by atoms with E-state index in [0.717, 1.165) is 32.2 Å². The molecule has 8 N–H and O–H groups in total. The molecule has 1 aliphatic rings. The molecule has 0 radical (unpaired) electrons. The number of hydrogen-bond acceptors (Lipinski definition) is 7. The van der Waals surface area contributed by atoms with Crippen molar-refractivity contribution in [1.82, 2.24) is 5.01 Å². The number of aliphatic carboxylic acids is 1. The Bertz CT molecular complexity index is 589. The predicted molar refractivity (Wildman–Crippen MR) is 114 cm³/mol. The molecule has 0 aliphatic carbocycles. The van der Waals surface area contributed by atoms with Crippen LogP contribution in [0.2, 0.25) is 0 Å². The van der Waals surface area contributed by atoms with Gasteiger partial charge in [0.2, 0.25) is 5.91 Å². The molecule has 164 valence electrons. The van der Waals surface area contributed by atoms with Crippen LogP contribution in [0.25, 0.3) is 0 Å². The first kappa shape index (κ1) is 26.7. The molecule has 0 saturated carbocycles. The molecular weight excluding hydrogens is 374 g/mol. The maximum Gasteiger partial charge on any atom is 0.320 e. The number of carbonyl (C=O) groups is 3. The summed E-state index contributed by atoms with van der Waals surface area (Å²) in [5.41, 5.74) is 11.7. The molecule has 1 aromatic carbocycles. The van der Waals surface area contributed by atoms with E-state index in [1.54, 1.807) is 24.3 Å². The highest BCUT2D eigenvalue weighted by Gasteiger charge is 2.09. The Hall–Kier alpha value is -2.33. The Morgan fingerprint density at radius 3 is 2.14 bits per heavy atom. The number of nitrogens with two attached hydrogens (primary N) is 3. The Balaban J connectivity index is 0.000000419. The van der Waals surface area contributed by atoms with E-state index in [1.165, 1.54) is 26.2 Å². The van der Waals surface area contributed by atoms with Crippen LogP contribution >= 0.6 is 0 Å². The van der Waals surface area contributed by atoms with Gasteiger partial charge in [-0.25, -0.2) is 5.01 Å². The summed E-state index contributed by atoms with van der Waals surface area (Å²) in [5.74, 6) is 4.42. The van der Waals surface area contributed by atoms with Gasteiger partial charge in [-0.15, -0.1) is 0 Å². The van der Waals surface area contributed by atoms with E-state index >= 15 is 0 Å². The molecule has 0 unspecified atom stereocenters. The van der Waals surface area contributed by atoms with E-state index in [9.17, 15) is 14.4 Å². The van der Waals surface area contributed by atoms with E-state index < -0.39 is 12.0 Å². The Morgan fingerprint density at radius 2 is 1.76 bits per heavy atom. The highest BCUT2D eigenvalue weighted by Crippen LogP contribution is 2.07. The number of carbonyl (C=O) groups excluding carboxylic acids is 2. The fourth-order valence-corrected chi connectivity index (χ4v) is 2.40. The highest BCUT2D eigenvalue weighted by atomic mass is 16.4. The standard InChI is InChI=1S/C9H9NO2.C6H14N2O2.C5H12N2/c1-7(12)10-9-4-2-8(6-11)3-5-9;7-4-2-1-3-5(8)6(9)10;6-7-4-2-1-3-5-7/h2-6H,1H3,(H,10,12);5H,1-4,7-8H2,(H,9,10);1-6H2/t;5-;/m.0./s1. The minimum absolute atomic E-state index is 0.117. The van der Waals surface area contributed by atoms with Crippen LogP contribution in [-0.2, 0) is 9.59 Å². The smallest absolute Gasteiger partial charge is 0.320 e. The van der Waals surface area contributed by atoms with Crippen LogP contribution in [0, 0.1) is 0 Å². The SMILES string of the molecule is CC(=O)Nc1ccc(C=O)cc1.NCCCC[C@H](N)C(=O)O.NN1CCCCC1. The van der Waals surface area contributed by atoms with Gasteiger partial charge in [-0.1, -0.05) is 12.8 Å². The molecule has 9 heteroatoms. The van der Waals surface area contributed by atoms with Gasteiger partial charge in [-0.2, -0.15) is 0 Å². The lowest BCUT2D eigenvalue weighted by Gasteiger charge is -2.20. The first-order valence-corrected chi connectivity index (χ1v) is 9.81. The van der Waals surface area contributed by atoms with Gasteiger partial charge in [0.25, 0.3) is 0 Å². The maximum atomic E-state index is 10.6. The number of aldehydes is 1.